The van der Waals surface area contributed by atoms with Crippen LogP contribution in [0.2, 0.25) is 0 Å². The van der Waals surface area contributed by atoms with Crippen LogP contribution in [0.5, 0.6) is 0 Å². The lowest BCUT2D eigenvalue weighted by atomic mass is 10.0. The van der Waals surface area contributed by atoms with Gasteiger partial charge in [-0.3, -0.25) is 9.89 Å². The van der Waals surface area contributed by atoms with E-state index in [1.165, 1.54) is 5.56 Å². The molecule has 0 radical (unpaired) electrons. The van der Waals surface area contributed by atoms with E-state index in [2.05, 4.69) is 58.1 Å². The van der Waals surface area contributed by atoms with Crippen molar-refractivity contribution >= 4 is 41.3 Å². The van der Waals surface area contributed by atoms with Crippen molar-refractivity contribution in [2.45, 2.75) is 32.2 Å². The van der Waals surface area contributed by atoms with Gasteiger partial charge >= 0.3 is 0 Å². The Morgan fingerprint density at radius 1 is 1.38 bits per heavy atom. The Bertz CT molecular complexity index is 487. The summed E-state index contributed by atoms with van der Waals surface area (Å²) in [6.45, 7) is 12.2. The third-order valence-corrected chi connectivity index (χ3v) is 5.17. The molecule has 1 unspecified atom stereocenters. The van der Waals surface area contributed by atoms with Gasteiger partial charge in [0, 0.05) is 38.8 Å². The van der Waals surface area contributed by atoms with E-state index < -0.39 is 0 Å². The first-order valence-electron chi connectivity index (χ1n) is 8.32. The van der Waals surface area contributed by atoms with Crippen molar-refractivity contribution in [3.63, 3.8) is 0 Å². The monoisotopic (exact) mass is 466 g/mol. The normalized spacial score (nSPS) is 17.9. The average molecular weight is 466 g/mol. The molecular weight excluding hydrogens is 435 g/mol. The van der Waals surface area contributed by atoms with Gasteiger partial charge in [-0.1, -0.05) is 6.92 Å². The molecule has 138 valence electrons. The average Bonchev–Trinajstić information content (AvgIpc) is 3.10. The van der Waals surface area contributed by atoms with Gasteiger partial charge in [-0.25, -0.2) is 0 Å². The maximum absolute atomic E-state index is 5.44. The molecule has 2 heterocycles. The molecule has 1 saturated heterocycles. The number of hydrogen-bond acceptors (Lipinski definition) is 4. The zero-order valence-corrected chi connectivity index (χ0v) is 18.3. The lowest BCUT2D eigenvalue weighted by molar-refractivity contribution is -0.00834. The lowest BCUT2D eigenvalue weighted by Crippen LogP contribution is -2.56. The van der Waals surface area contributed by atoms with E-state index in [1.807, 2.05) is 7.05 Å². The summed E-state index contributed by atoms with van der Waals surface area (Å²) in [6.07, 6.45) is 0. The predicted molar refractivity (Wildman–Crippen MR) is 114 cm³/mol. The van der Waals surface area contributed by atoms with Crippen LogP contribution < -0.4 is 10.6 Å². The van der Waals surface area contributed by atoms with Gasteiger partial charge in [0.1, 0.15) is 0 Å². The van der Waals surface area contributed by atoms with Crippen LogP contribution in [0, 0.1) is 0 Å². The van der Waals surface area contributed by atoms with Gasteiger partial charge in [0.15, 0.2) is 5.96 Å². The highest BCUT2D eigenvalue weighted by molar-refractivity contribution is 14.0. The van der Waals surface area contributed by atoms with E-state index in [-0.39, 0.29) is 29.5 Å². The number of halogens is 1. The Labute approximate surface area is 167 Å². The summed E-state index contributed by atoms with van der Waals surface area (Å²) in [5, 5.41) is 11.2. The molecule has 2 N–H and O–H groups in total. The van der Waals surface area contributed by atoms with Crippen LogP contribution in [0.4, 0.5) is 0 Å². The minimum absolute atomic E-state index is 0. The van der Waals surface area contributed by atoms with Crippen LogP contribution in [0.25, 0.3) is 0 Å². The number of ether oxygens (including phenoxy) is 1. The highest BCUT2D eigenvalue weighted by Crippen LogP contribution is 2.17. The highest BCUT2D eigenvalue weighted by Gasteiger charge is 2.28. The fourth-order valence-electron chi connectivity index (χ4n) is 2.72. The largest absolute Gasteiger partial charge is 0.379 e. The lowest BCUT2D eigenvalue weighted by Gasteiger charge is -2.41. The van der Waals surface area contributed by atoms with Gasteiger partial charge in [-0.05, 0) is 42.2 Å². The van der Waals surface area contributed by atoms with Crippen LogP contribution in [-0.4, -0.2) is 62.8 Å². The standard InChI is InChI=1S/C17H30N4OS.HI/c1-14(15-5-10-23-12-15)11-19-16(18-4)20-13-17(2,3)21-6-8-22-9-7-21;/h5,10,12,14H,6-9,11,13H2,1-4H3,(H2,18,19,20);1H. The van der Waals surface area contributed by atoms with Gasteiger partial charge in [0.05, 0.1) is 13.2 Å². The zero-order valence-electron chi connectivity index (χ0n) is 15.2. The van der Waals surface area contributed by atoms with E-state index in [1.54, 1.807) is 11.3 Å². The zero-order chi connectivity index (χ0) is 16.7. The van der Waals surface area contributed by atoms with Crippen LogP contribution in [0.3, 0.4) is 0 Å². The Hall–Kier alpha value is -0.380. The van der Waals surface area contributed by atoms with Crippen molar-refractivity contribution in [3.05, 3.63) is 22.4 Å². The van der Waals surface area contributed by atoms with E-state index in [9.17, 15) is 0 Å². The van der Waals surface area contributed by atoms with Crippen molar-refractivity contribution in [1.82, 2.24) is 15.5 Å². The summed E-state index contributed by atoms with van der Waals surface area (Å²) in [7, 11) is 1.83. The van der Waals surface area contributed by atoms with Crippen LogP contribution in [0.15, 0.2) is 21.8 Å². The Morgan fingerprint density at radius 2 is 2.08 bits per heavy atom. The van der Waals surface area contributed by atoms with Gasteiger partial charge < -0.3 is 15.4 Å². The van der Waals surface area contributed by atoms with E-state index >= 15 is 0 Å². The summed E-state index contributed by atoms with van der Waals surface area (Å²) >= 11 is 1.75. The van der Waals surface area contributed by atoms with Crippen molar-refractivity contribution < 1.29 is 4.74 Å². The number of rotatable bonds is 6. The first-order valence-corrected chi connectivity index (χ1v) is 9.26. The fourth-order valence-corrected chi connectivity index (χ4v) is 3.51. The number of nitrogens with one attached hydrogen (secondary N) is 2. The Balaban J connectivity index is 0.00000288. The van der Waals surface area contributed by atoms with Crippen molar-refractivity contribution in [3.8, 4) is 0 Å². The molecule has 0 aliphatic carbocycles. The third kappa shape index (κ3) is 6.50. The van der Waals surface area contributed by atoms with Crippen molar-refractivity contribution in [1.29, 1.82) is 0 Å². The van der Waals surface area contributed by atoms with E-state index in [0.29, 0.717) is 5.92 Å². The summed E-state index contributed by atoms with van der Waals surface area (Å²) < 4.78 is 5.44. The number of nitrogens with zero attached hydrogens (tertiary/aromatic N) is 2. The summed E-state index contributed by atoms with van der Waals surface area (Å²) in [5.41, 5.74) is 1.46. The first kappa shape index (κ1) is 21.7. The van der Waals surface area contributed by atoms with Crippen LogP contribution in [0.1, 0.15) is 32.3 Å². The van der Waals surface area contributed by atoms with Gasteiger partial charge in [0.25, 0.3) is 0 Å². The molecule has 5 nitrogen and oxygen atoms in total. The summed E-state index contributed by atoms with van der Waals surface area (Å²) in [4.78, 5) is 6.82. The molecular formula is C17H31IN4OS. The second-order valence-electron chi connectivity index (χ2n) is 6.68. The first-order chi connectivity index (χ1) is 11.0. The molecule has 0 saturated carbocycles. The van der Waals surface area contributed by atoms with E-state index in [4.69, 9.17) is 4.74 Å². The molecule has 1 atom stereocenters. The Morgan fingerprint density at radius 3 is 2.67 bits per heavy atom. The van der Waals surface area contributed by atoms with Gasteiger partial charge in [-0.2, -0.15) is 11.3 Å². The highest BCUT2D eigenvalue weighted by atomic mass is 127. The van der Waals surface area contributed by atoms with Crippen LogP contribution in [-0.2, 0) is 4.74 Å². The van der Waals surface area contributed by atoms with Crippen molar-refractivity contribution in [2.24, 2.45) is 4.99 Å². The molecule has 0 bridgehead atoms. The molecule has 1 fully saturated rings. The predicted octanol–water partition coefficient (Wildman–Crippen LogP) is 2.75. The molecule has 0 amide bonds. The van der Waals surface area contributed by atoms with Gasteiger partial charge in [0.2, 0.25) is 0 Å². The molecule has 24 heavy (non-hydrogen) atoms. The molecule has 1 aromatic heterocycles. The SMILES string of the molecule is CN=C(NCC(C)c1ccsc1)NCC(C)(C)N1CCOCC1.I. The van der Waals surface area contributed by atoms with Gasteiger partial charge in [-0.15, -0.1) is 24.0 Å². The van der Waals surface area contributed by atoms with Crippen LogP contribution >= 0.6 is 35.3 Å². The maximum atomic E-state index is 5.44. The minimum Gasteiger partial charge on any atom is -0.379 e. The minimum atomic E-state index is 0. The maximum Gasteiger partial charge on any atom is 0.191 e. The molecule has 2 rings (SSSR count). The summed E-state index contributed by atoms with van der Waals surface area (Å²) in [6, 6.07) is 2.19. The fraction of sp³-hybridized carbons (Fsp3) is 0.706. The quantitative estimate of drug-likeness (QED) is 0.385. The number of hydrogen-bond donors (Lipinski definition) is 2. The molecule has 0 aromatic carbocycles. The Kier molecular flexibility index (Phi) is 9.54. The molecule has 7 heteroatoms. The molecule has 1 aliphatic rings. The topological polar surface area (TPSA) is 48.9 Å². The molecule has 0 spiro atoms. The van der Waals surface area contributed by atoms with Crippen molar-refractivity contribution in [2.75, 3.05) is 46.4 Å². The molecule has 1 aromatic rings. The second kappa shape index (κ2) is 10.6. The van der Waals surface area contributed by atoms with E-state index in [0.717, 1.165) is 45.4 Å². The number of thiophene rings is 1. The smallest absolute Gasteiger partial charge is 0.191 e. The number of morpholine rings is 1. The number of guanidine groups is 1. The second-order valence-corrected chi connectivity index (χ2v) is 7.46. The molecule has 1 aliphatic heterocycles. The number of aliphatic imine (C=N–C) groups is 1. The third-order valence-electron chi connectivity index (χ3n) is 4.47. The summed E-state index contributed by atoms with van der Waals surface area (Å²) in [5.74, 6) is 1.35.